The van der Waals surface area contributed by atoms with Crippen LogP contribution in [0.1, 0.15) is 11.1 Å². The monoisotopic (exact) mass is 294 g/mol. The molecule has 0 heterocycles. The number of anilines is 1. The molecule has 104 valence electrons. The number of hydrogen-bond donors (Lipinski definition) is 1. The van der Waals surface area contributed by atoms with Crippen LogP contribution in [0.3, 0.4) is 0 Å². The second kappa shape index (κ2) is 5.88. The van der Waals surface area contributed by atoms with Gasteiger partial charge in [0.2, 0.25) is 0 Å². The standard InChI is InChI=1S/C14H12ClFN2O2/c1-9-2-3-12(7-14(9)15)17-8-10-4-11(16)6-13(5-10)18(19)20/h2-7,17H,8H2,1H3. The van der Waals surface area contributed by atoms with Gasteiger partial charge in [0.1, 0.15) is 5.82 Å². The summed E-state index contributed by atoms with van der Waals surface area (Å²) in [5.41, 5.74) is 1.96. The predicted molar refractivity (Wildman–Crippen MR) is 76.6 cm³/mol. The smallest absolute Gasteiger partial charge is 0.272 e. The van der Waals surface area contributed by atoms with E-state index >= 15 is 0 Å². The zero-order valence-corrected chi connectivity index (χ0v) is 11.4. The lowest BCUT2D eigenvalue weighted by Gasteiger charge is -2.08. The van der Waals surface area contributed by atoms with Gasteiger partial charge in [0.25, 0.3) is 5.69 Å². The largest absolute Gasteiger partial charge is 0.381 e. The summed E-state index contributed by atoms with van der Waals surface area (Å²) in [7, 11) is 0. The van der Waals surface area contributed by atoms with Crippen molar-refractivity contribution in [2.24, 2.45) is 0 Å². The van der Waals surface area contributed by atoms with Crippen LogP contribution in [0.2, 0.25) is 5.02 Å². The first-order valence-electron chi connectivity index (χ1n) is 5.89. The fraction of sp³-hybridized carbons (Fsp3) is 0.143. The lowest BCUT2D eigenvalue weighted by molar-refractivity contribution is -0.385. The molecule has 0 aliphatic heterocycles. The van der Waals surface area contributed by atoms with Gasteiger partial charge < -0.3 is 5.32 Å². The van der Waals surface area contributed by atoms with Crippen LogP contribution in [0.25, 0.3) is 0 Å². The summed E-state index contributed by atoms with van der Waals surface area (Å²) in [6.07, 6.45) is 0. The van der Waals surface area contributed by atoms with Gasteiger partial charge in [0.15, 0.2) is 0 Å². The van der Waals surface area contributed by atoms with Crippen LogP contribution < -0.4 is 5.32 Å². The van der Waals surface area contributed by atoms with E-state index in [4.69, 9.17) is 11.6 Å². The van der Waals surface area contributed by atoms with Crippen LogP contribution in [0.5, 0.6) is 0 Å². The fourth-order valence-electron chi connectivity index (χ4n) is 1.75. The molecular formula is C14H12ClFN2O2. The molecule has 2 aromatic carbocycles. The summed E-state index contributed by atoms with van der Waals surface area (Å²) in [4.78, 5) is 10.0. The summed E-state index contributed by atoms with van der Waals surface area (Å²) < 4.78 is 13.3. The number of hydrogen-bond acceptors (Lipinski definition) is 3. The number of halogens is 2. The van der Waals surface area contributed by atoms with E-state index in [-0.39, 0.29) is 12.2 Å². The van der Waals surface area contributed by atoms with Crippen LogP contribution >= 0.6 is 11.6 Å². The van der Waals surface area contributed by atoms with Crippen molar-refractivity contribution in [3.63, 3.8) is 0 Å². The van der Waals surface area contributed by atoms with E-state index in [1.807, 2.05) is 19.1 Å². The summed E-state index contributed by atoms with van der Waals surface area (Å²) in [5.74, 6) is -0.627. The zero-order valence-electron chi connectivity index (χ0n) is 10.7. The molecule has 0 amide bonds. The average Bonchev–Trinajstić information content (AvgIpc) is 2.39. The van der Waals surface area contributed by atoms with Crippen molar-refractivity contribution in [3.05, 3.63) is 68.5 Å². The Hall–Kier alpha value is -2.14. The lowest BCUT2D eigenvalue weighted by atomic mass is 10.2. The van der Waals surface area contributed by atoms with Crippen LogP contribution in [0.4, 0.5) is 15.8 Å². The van der Waals surface area contributed by atoms with E-state index in [1.54, 1.807) is 6.07 Å². The van der Waals surface area contributed by atoms with Crippen molar-refractivity contribution >= 4 is 23.0 Å². The molecule has 0 aromatic heterocycles. The molecule has 0 fully saturated rings. The van der Waals surface area contributed by atoms with Crippen LogP contribution in [0, 0.1) is 22.9 Å². The van der Waals surface area contributed by atoms with Crippen LogP contribution in [0.15, 0.2) is 36.4 Å². The number of nitro groups is 1. The first kappa shape index (κ1) is 14.3. The normalized spacial score (nSPS) is 10.3. The lowest BCUT2D eigenvalue weighted by Crippen LogP contribution is -2.01. The minimum atomic E-state index is -0.627. The summed E-state index contributed by atoms with van der Waals surface area (Å²) in [6.45, 7) is 2.17. The molecule has 0 saturated heterocycles. The molecule has 6 heteroatoms. The fourth-order valence-corrected chi connectivity index (χ4v) is 1.93. The van der Waals surface area contributed by atoms with Gasteiger partial charge >= 0.3 is 0 Å². The Morgan fingerprint density at radius 3 is 2.70 bits per heavy atom. The van der Waals surface area contributed by atoms with Gasteiger partial charge in [-0.3, -0.25) is 10.1 Å². The number of non-ortho nitro benzene ring substituents is 1. The highest BCUT2D eigenvalue weighted by molar-refractivity contribution is 6.31. The van der Waals surface area contributed by atoms with Crippen molar-refractivity contribution in [2.45, 2.75) is 13.5 Å². The average molecular weight is 295 g/mol. The number of nitro benzene ring substituents is 1. The Labute approximate surface area is 120 Å². The molecule has 1 N–H and O–H groups in total. The van der Waals surface area contributed by atoms with Crippen molar-refractivity contribution in [3.8, 4) is 0 Å². The Kier molecular flexibility index (Phi) is 4.20. The molecule has 0 atom stereocenters. The Balaban J connectivity index is 2.14. The number of nitrogens with zero attached hydrogens (tertiary/aromatic N) is 1. The molecule has 0 unspecified atom stereocenters. The zero-order chi connectivity index (χ0) is 14.7. The third-order valence-corrected chi connectivity index (χ3v) is 3.23. The maximum Gasteiger partial charge on any atom is 0.272 e. The highest BCUT2D eigenvalue weighted by Gasteiger charge is 2.09. The summed E-state index contributed by atoms with van der Waals surface area (Å²) >= 11 is 6.00. The van der Waals surface area contributed by atoms with Crippen LogP contribution in [-0.4, -0.2) is 4.92 Å². The molecule has 2 rings (SSSR count). The molecule has 0 bridgehead atoms. The molecule has 4 nitrogen and oxygen atoms in total. The molecule has 0 radical (unpaired) electrons. The number of rotatable bonds is 4. The van der Waals surface area contributed by atoms with Crippen molar-refractivity contribution in [2.75, 3.05) is 5.32 Å². The summed E-state index contributed by atoms with van der Waals surface area (Å²) in [6, 6.07) is 8.95. The quantitative estimate of drug-likeness (QED) is 0.675. The Bertz CT molecular complexity index is 662. The van der Waals surface area contributed by atoms with Crippen molar-refractivity contribution in [1.82, 2.24) is 0 Å². The van der Waals surface area contributed by atoms with E-state index in [9.17, 15) is 14.5 Å². The molecule has 2 aromatic rings. The van der Waals surface area contributed by atoms with Gasteiger partial charge in [-0.05, 0) is 36.2 Å². The van der Waals surface area contributed by atoms with Gasteiger partial charge in [-0.1, -0.05) is 17.7 Å². The van der Waals surface area contributed by atoms with E-state index in [2.05, 4.69) is 5.32 Å². The maximum atomic E-state index is 13.3. The van der Waals surface area contributed by atoms with E-state index < -0.39 is 10.7 Å². The molecule has 0 aliphatic rings. The van der Waals surface area contributed by atoms with Gasteiger partial charge in [0.05, 0.1) is 11.0 Å². The van der Waals surface area contributed by atoms with Gasteiger partial charge in [-0.25, -0.2) is 4.39 Å². The molecule has 20 heavy (non-hydrogen) atoms. The highest BCUT2D eigenvalue weighted by atomic mass is 35.5. The molecule has 0 aliphatic carbocycles. The van der Waals surface area contributed by atoms with Gasteiger partial charge in [0, 0.05) is 23.3 Å². The second-order valence-electron chi connectivity index (χ2n) is 4.39. The third-order valence-electron chi connectivity index (χ3n) is 2.82. The number of aryl methyl sites for hydroxylation is 1. The minimum Gasteiger partial charge on any atom is -0.381 e. The Morgan fingerprint density at radius 1 is 1.30 bits per heavy atom. The first-order chi connectivity index (χ1) is 9.45. The predicted octanol–water partition coefficient (Wildman–Crippen LogP) is 4.31. The SMILES string of the molecule is Cc1ccc(NCc2cc(F)cc([N+](=O)[O-])c2)cc1Cl. The summed E-state index contributed by atoms with van der Waals surface area (Å²) in [5, 5.41) is 14.3. The molecular weight excluding hydrogens is 283 g/mol. The first-order valence-corrected chi connectivity index (χ1v) is 6.27. The van der Waals surface area contributed by atoms with Crippen molar-refractivity contribution < 1.29 is 9.31 Å². The van der Waals surface area contributed by atoms with Gasteiger partial charge in [-0.2, -0.15) is 0 Å². The Morgan fingerprint density at radius 2 is 2.05 bits per heavy atom. The topological polar surface area (TPSA) is 55.2 Å². The van der Waals surface area contributed by atoms with Crippen molar-refractivity contribution in [1.29, 1.82) is 0 Å². The van der Waals surface area contributed by atoms with E-state index in [0.717, 1.165) is 17.3 Å². The number of benzene rings is 2. The molecule has 0 spiro atoms. The van der Waals surface area contributed by atoms with E-state index in [0.29, 0.717) is 10.6 Å². The highest BCUT2D eigenvalue weighted by Crippen LogP contribution is 2.21. The molecule has 0 saturated carbocycles. The number of nitrogens with one attached hydrogen (secondary N) is 1. The van der Waals surface area contributed by atoms with Crippen LogP contribution in [-0.2, 0) is 6.54 Å². The third kappa shape index (κ3) is 3.45. The minimum absolute atomic E-state index is 0.260. The second-order valence-corrected chi connectivity index (χ2v) is 4.80. The van der Waals surface area contributed by atoms with E-state index in [1.165, 1.54) is 12.1 Å². The van der Waals surface area contributed by atoms with Gasteiger partial charge in [-0.15, -0.1) is 0 Å². The maximum absolute atomic E-state index is 13.3.